The van der Waals surface area contributed by atoms with E-state index in [4.69, 9.17) is 0 Å². The third-order valence-electron chi connectivity index (χ3n) is 4.54. The number of ketones is 1. The van der Waals surface area contributed by atoms with E-state index in [0.29, 0.717) is 22.4 Å². The third-order valence-corrected chi connectivity index (χ3v) is 5.04. The van der Waals surface area contributed by atoms with Crippen molar-refractivity contribution in [1.29, 1.82) is 0 Å². The summed E-state index contributed by atoms with van der Waals surface area (Å²) in [6, 6.07) is 27.6. The summed E-state index contributed by atoms with van der Waals surface area (Å²) in [4.78, 5) is 26.0. The fourth-order valence-electron chi connectivity index (χ4n) is 3.17. The Morgan fingerprint density at radius 1 is 0.714 bits per heavy atom. The summed E-state index contributed by atoms with van der Waals surface area (Å²) < 4.78 is 0.773. The molecular formula is C24H16BrNO2. The quantitative estimate of drug-likeness (QED) is 0.399. The molecule has 0 saturated carbocycles. The fraction of sp³-hybridized carbons (Fsp3) is 0. The molecule has 28 heavy (non-hydrogen) atoms. The number of fused-ring (bicyclic) bond motifs is 1. The highest BCUT2D eigenvalue weighted by Gasteiger charge is 2.17. The maximum Gasteiger partial charge on any atom is 0.256 e. The van der Waals surface area contributed by atoms with Crippen molar-refractivity contribution >= 4 is 44.1 Å². The van der Waals surface area contributed by atoms with Gasteiger partial charge in [0.1, 0.15) is 0 Å². The van der Waals surface area contributed by atoms with Crippen molar-refractivity contribution in [3.05, 3.63) is 112 Å². The summed E-state index contributed by atoms with van der Waals surface area (Å²) in [6.45, 7) is 0. The van der Waals surface area contributed by atoms with Crippen molar-refractivity contribution in [2.75, 3.05) is 5.32 Å². The normalized spacial score (nSPS) is 10.6. The first-order valence-corrected chi connectivity index (χ1v) is 9.61. The van der Waals surface area contributed by atoms with Crippen LogP contribution in [0.4, 0.5) is 5.69 Å². The van der Waals surface area contributed by atoms with E-state index in [1.54, 1.807) is 36.4 Å². The molecule has 0 atom stereocenters. The average molecular weight is 430 g/mol. The molecule has 4 aromatic rings. The Balaban J connectivity index is 1.72. The Kier molecular flexibility index (Phi) is 5.04. The number of carbonyl (C=O) groups excluding carboxylic acids is 2. The minimum atomic E-state index is -0.249. The molecule has 0 heterocycles. The highest BCUT2D eigenvalue weighted by molar-refractivity contribution is 9.10. The van der Waals surface area contributed by atoms with E-state index in [-0.39, 0.29) is 11.7 Å². The van der Waals surface area contributed by atoms with Crippen molar-refractivity contribution in [3.8, 4) is 0 Å². The lowest BCUT2D eigenvalue weighted by Gasteiger charge is -2.12. The molecule has 1 N–H and O–H groups in total. The third kappa shape index (κ3) is 3.59. The predicted octanol–water partition coefficient (Wildman–Crippen LogP) is 6.09. The summed E-state index contributed by atoms with van der Waals surface area (Å²) in [5.74, 6) is -0.392. The molecule has 0 aliphatic carbocycles. The van der Waals surface area contributed by atoms with E-state index in [9.17, 15) is 9.59 Å². The molecule has 0 saturated heterocycles. The van der Waals surface area contributed by atoms with Crippen LogP contribution in [0.1, 0.15) is 26.3 Å². The van der Waals surface area contributed by atoms with Gasteiger partial charge in [0.25, 0.3) is 5.91 Å². The molecule has 0 spiro atoms. The molecule has 0 bridgehead atoms. The smallest absolute Gasteiger partial charge is 0.256 e. The van der Waals surface area contributed by atoms with Crippen LogP contribution in [0.2, 0.25) is 0 Å². The first-order chi connectivity index (χ1) is 13.6. The Morgan fingerprint density at radius 2 is 1.43 bits per heavy atom. The van der Waals surface area contributed by atoms with Crippen molar-refractivity contribution < 1.29 is 9.59 Å². The molecule has 0 aromatic heterocycles. The van der Waals surface area contributed by atoms with Crippen LogP contribution in [0.3, 0.4) is 0 Å². The molecule has 1 amide bonds. The number of nitrogens with one attached hydrogen (secondary N) is 1. The molecule has 4 heteroatoms. The van der Waals surface area contributed by atoms with Gasteiger partial charge in [0, 0.05) is 21.2 Å². The molecule has 3 nitrogen and oxygen atoms in total. The van der Waals surface area contributed by atoms with Gasteiger partial charge in [-0.2, -0.15) is 0 Å². The Hall–Kier alpha value is -3.24. The minimum Gasteiger partial charge on any atom is -0.321 e. The Bertz CT molecular complexity index is 1180. The lowest BCUT2D eigenvalue weighted by Crippen LogP contribution is -2.15. The minimum absolute atomic E-state index is 0.143. The first kappa shape index (κ1) is 18.1. The molecule has 0 aliphatic heterocycles. The fourth-order valence-corrected chi connectivity index (χ4v) is 3.53. The molecule has 0 radical (unpaired) electrons. The van der Waals surface area contributed by atoms with E-state index in [0.717, 1.165) is 15.2 Å². The zero-order valence-electron chi connectivity index (χ0n) is 14.9. The van der Waals surface area contributed by atoms with Crippen molar-refractivity contribution in [2.24, 2.45) is 0 Å². The van der Waals surface area contributed by atoms with Crippen LogP contribution in [0, 0.1) is 0 Å². The zero-order valence-corrected chi connectivity index (χ0v) is 16.4. The van der Waals surface area contributed by atoms with Crippen LogP contribution < -0.4 is 5.32 Å². The second-order valence-electron chi connectivity index (χ2n) is 6.37. The van der Waals surface area contributed by atoms with E-state index >= 15 is 0 Å². The molecule has 136 valence electrons. The summed E-state index contributed by atoms with van der Waals surface area (Å²) in [5.41, 5.74) is 2.06. The lowest BCUT2D eigenvalue weighted by molar-refractivity contribution is 0.102. The van der Waals surface area contributed by atoms with E-state index in [2.05, 4.69) is 21.2 Å². The van der Waals surface area contributed by atoms with Gasteiger partial charge < -0.3 is 5.32 Å². The number of rotatable bonds is 4. The largest absolute Gasteiger partial charge is 0.321 e. The second kappa shape index (κ2) is 7.79. The van der Waals surface area contributed by atoms with Crippen LogP contribution in [0.5, 0.6) is 0 Å². The Morgan fingerprint density at radius 3 is 2.25 bits per heavy atom. The summed E-state index contributed by atoms with van der Waals surface area (Å²) in [6.07, 6.45) is 0. The number of hydrogen-bond acceptors (Lipinski definition) is 2. The number of amides is 1. The predicted molar refractivity (Wildman–Crippen MR) is 116 cm³/mol. The lowest BCUT2D eigenvalue weighted by atomic mass is 10.0. The first-order valence-electron chi connectivity index (χ1n) is 8.82. The van der Waals surface area contributed by atoms with Gasteiger partial charge in [0.2, 0.25) is 0 Å². The van der Waals surface area contributed by atoms with Gasteiger partial charge in [0.15, 0.2) is 5.78 Å². The van der Waals surface area contributed by atoms with E-state index < -0.39 is 0 Å². The number of hydrogen-bond donors (Lipinski definition) is 1. The number of anilines is 1. The van der Waals surface area contributed by atoms with Crippen LogP contribution in [-0.4, -0.2) is 11.7 Å². The van der Waals surface area contributed by atoms with Gasteiger partial charge in [-0.3, -0.25) is 9.59 Å². The summed E-state index contributed by atoms with van der Waals surface area (Å²) >= 11 is 3.42. The van der Waals surface area contributed by atoms with Gasteiger partial charge in [-0.05, 0) is 35.0 Å². The second-order valence-corrected chi connectivity index (χ2v) is 7.28. The number of carbonyl (C=O) groups is 2. The molecule has 0 unspecified atom stereocenters. The Labute approximate surface area is 171 Å². The molecular weight excluding hydrogens is 414 g/mol. The maximum absolute atomic E-state index is 13.0. The monoisotopic (exact) mass is 429 g/mol. The molecule has 4 aromatic carbocycles. The van der Waals surface area contributed by atoms with Crippen LogP contribution in [-0.2, 0) is 0 Å². The zero-order chi connectivity index (χ0) is 19.5. The van der Waals surface area contributed by atoms with Crippen molar-refractivity contribution in [3.63, 3.8) is 0 Å². The highest BCUT2D eigenvalue weighted by Crippen LogP contribution is 2.26. The van der Waals surface area contributed by atoms with E-state index in [1.807, 2.05) is 54.6 Å². The summed E-state index contributed by atoms with van der Waals surface area (Å²) in [7, 11) is 0. The SMILES string of the molecule is O=C(c1ccccc1)c1cc(Br)ccc1NC(=O)c1cccc2ccccc12. The van der Waals surface area contributed by atoms with Crippen LogP contribution in [0.15, 0.2) is 95.5 Å². The van der Waals surface area contributed by atoms with Crippen molar-refractivity contribution in [1.82, 2.24) is 0 Å². The van der Waals surface area contributed by atoms with Gasteiger partial charge in [-0.25, -0.2) is 0 Å². The molecule has 0 fully saturated rings. The summed E-state index contributed by atoms with van der Waals surface area (Å²) in [5, 5.41) is 4.78. The van der Waals surface area contributed by atoms with Gasteiger partial charge in [-0.15, -0.1) is 0 Å². The van der Waals surface area contributed by atoms with Gasteiger partial charge in [0.05, 0.1) is 5.69 Å². The van der Waals surface area contributed by atoms with Gasteiger partial charge >= 0.3 is 0 Å². The topological polar surface area (TPSA) is 46.2 Å². The molecule has 0 aliphatic rings. The van der Waals surface area contributed by atoms with Crippen molar-refractivity contribution in [2.45, 2.75) is 0 Å². The highest BCUT2D eigenvalue weighted by atomic mass is 79.9. The van der Waals surface area contributed by atoms with E-state index in [1.165, 1.54) is 0 Å². The number of benzene rings is 4. The van der Waals surface area contributed by atoms with Gasteiger partial charge in [-0.1, -0.05) is 82.7 Å². The molecule has 4 rings (SSSR count). The standard InChI is InChI=1S/C24H16BrNO2/c25-18-13-14-22(21(15-18)23(27)17-8-2-1-3-9-17)26-24(28)20-12-6-10-16-7-4-5-11-19(16)20/h1-15H,(H,26,28). The average Bonchev–Trinajstić information content (AvgIpc) is 2.74. The number of halogens is 1. The maximum atomic E-state index is 13.0. The van der Waals surface area contributed by atoms with Crippen LogP contribution >= 0.6 is 15.9 Å². The van der Waals surface area contributed by atoms with Crippen LogP contribution in [0.25, 0.3) is 10.8 Å².